The topological polar surface area (TPSA) is 119 Å². The minimum absolute atomic E-state index is 0.0652. The lowest BCUT2D eigenvalue weighted by atomic mass is 9.87. The molecule has 0 saturated carbocycles. The third kappa shape index (κ3) is 8.56. The summed E-state index contributed by atoms with van der Waals surface area (Å²) >= 11 is 0. The normalized spacial score (nSPS) is 16.8. The molecule has 45 heavy (non-hydrogen) atoms. The van der Waals surface area contributed by atoms with Gasteiger partial charge in [0.1, 0.15) is 17.9 Å². The zero-order chi connectivity index (χ0) is 32.6. The molecule has 238 valence electrons. The summed E-state index contributed by atoms with van der Waals surface area (Å²) in [5.41, 5.74) is 3.43. The van der Waals surface area contributed by atoms with Gasteiger partial charge in [0, 0.05) is 49.8 Å². The monoisotopic (exact) mass is 636 g/mol. The predicted molar refractivity (Wildman–Crippen MR) is 170 cm³/mol. The summed E-state index contributed by atoms with van der Waals surface area (Å²) in [7, 11) is -3.81. The zero-order valence-electron chi connectivity index (χ0n) is 25.4. The zero-order valence-corrected chi connectivity index (χ0v) is 26.2. The van der Waals surface area contributed by atoms with E-state index in [0.29, 0.717) is 66.6 Å². The largest absolute Gasteiger partial charge is 0.325 e. The molecule has 0 radical (unpaired) electrons. The van der Waals surface area contributed by atoms with E-state index >= 15 is 0 Å². The van der Waals surface area contributed by atoms with Gasteiger partial charge in [0.2, 0.25) is 15.9 Å². The molecule has 4 rings (SSSR count). The van der Waals surface area contributed by atoms with Gasteiger partial charge in [-0.1, -0.05) is 37.3 Å². The van der Waals surface area contributed by atoms with E-state index in [4.69, 9.17) is 5.41 Å². The van der Waals surface area contributed by atoms with Crippen molar-refractivity contribution in [2.24, 2.45) is 0 Å². The minimum Gasteiger partial charge on any atom is -0.325 e. The molecule has 1 fully saturated rings. The summed E-state index contributed by atoms with van der Waals surface area (Å²) in [5, 5.41) is 14.2. The van der Waals surface area contributed by atoms with Crippen LogP contribution in [0.15, 0.2) is 82.9 Å². The number of carbonyl (C=O) groups excluding carboxylic acids is 2. The Kier molecular flexibility index (Phi) is 11.5. The van der Waals surface area contributed by atoms with E-state index in [0.717, 1.165) is 11.8 Å². The number of aldehydes is 1. The van der Waals surface area contributed by atoms with E-state index in [1.54, 1.807) is 25.1 Å². The number of rotatable bonds is 13. The second-order valence-electron chi connectivity index (χ2n) is 11.1. The van der Waals surface area contributed by atoms with Gasteiger partial charge < -0.3 is 16.0 Å². The summed E-state index contributed by atoms with van der Waals surface area (Å²) in [6.45, 7) is 4.90. The summed E-state index contributed by atoms with van der Waals surface area (Å²) in [5.74, 6) is -1.80. The smallest absolute Gasteiger partial charge is 0.243 e. The molecule has 0 spiro atoms. The highest BCUT2D eigenvalue weighted by Crippen LogP contribution is 2.30. The molecule has 1 heterocycles. The molecule has 0 aliphatic carbocycles. The Labute approximate surface area is 263 Å². The van der Waals surface area contributed by atoms with Gasteiger partial charge in [0.05, 0.1) is 10.6 Å². The number of sulfonamides is 1. The fourth-order valence-corrected chi connectivity index (χ4v) is 7.36. The SMILES string of the molecule is CC/C(CC[C@H]1CNCCN1S(=O)(=O)c1ccc(C=O)cc1)=C(\C=N)NC(=O)C[C@@H](c1ccc(F)cc1)c1cc(C)cc(F)c1. The van der Waals surface area contributed by atoms with Crippen LogP contribution in [0.2, 0.25) is 0 Å². The molecule has 3 aromatic rings. The Balaban J connectivity index is 1.51. The maximum absolute atomic E-state index is 14.3. The van der Waals surface area contributed by atoms with Crippen molar-refractivity contribution in [1.29, 1.82) is 5.41 Å². The molecule has 0 unspecified atom stereocenters. The summed E-state index contributed by atoms with van der Waals surface area (Å²) in [6, 6.07) is 15.8. The van der Waals surface area contributed by atoms with Crippen LogP contribution >= 0.6 is 0 Å². The lowest BCUT2D eigenvalue weighted by Gasteiger charge is -2.35. The number of amides is 1. The van der Waals surface area contributed by atoms with Gasteiger partial charge >= 0.3 is 0 Å². The third-order valence-corrected chi connectivity index (χ3v) is 10.0. The number of carbonyl (C=O) groups is 2. The van der Waals surface area contributed by atoms with E-state index < -0.39 is 33.5 Å². The van der Waals surface area contributed by atoms with Crippen LogP contribution in [-0.4, -0.2) is 56.8 Å². The fourth-order valence-electron chi connectivity index (χ4n) is 5.70. The second kappa shape index (κ2) is 15.3. The molecule has 8 nitrogen and oxygen atoms in total. The van der Waals surface area contributed by atoms with Crippen LogP contribution in [-0.2, 0) is 14.8 Å². The molecule has 11 heteroatoms. The number of piperazine rings is 1. The van der Waals surface area contributed by atoms with Crippen LogP contribution in [0.5, 0.6) is 0 Å². The number of aryl methyl sites for hydroxylation is 1. The molecule has 1 amide bonds. The molecular formula is C34H38F2N4O4S. The number of halogens is 2. The number of hydrogen-bond acceptors (Lipinski definition) is 6. The Hall–Kier alpha value is -4.06. The maximum atomic E-state index is 14.3. The average molecular weight is 637 g/mol. The second-order valence-corrected chi connectivity index (χ2v) is 13.0. The number of nitrogens with one attached hydrogen (secondary N) is 3. The number of benzene rings is 3. The summed E-state index contributed by atoms with van der Waals surface area (Å²) < 4.78 is 56.5. The molecule has 0 aromatic heterocycles. The molecule has 1 saturated heterocycles. The van der Waals surface area contributed by atoms with E-state index in [9.17, 15) is 26.8 Å². The third-order valence-electron chi connectivity index (χ3n) is 8.05. The van der Waals surface area contributed by atoms with Gasteiger partial charge in [-0.2, -0.15) is 4.31 Å². The first-order valence-corrected chi connectivity index (χ1v) is 16.3. The summed E-state index contributed by atoms with van der Waals surface area (Å²) in [6.07, 6.45) is 3.09. The van der Waals surface area contributed by atoms with E-state index in [2.05, 4.69) is 10.6 Å². The van der Waals surface area contributed by atoms with E-state index in [1.165, 1.54) is 52.8 Å². The van der Waals surface area contributed by atoms with Crippen LogP contribution in [0.4, 0.5) is 8.78 Å². The molecular weight excluding hydrogens is 598 g/mol. The standard InChI is InChI=1S/C34H38F2N4O4S/c1-3-25(8-11-30-21-38-14-15-40(30)45(43,44)31-12-4-24(22-41)5-13-31)33(20-37)39-34(42)19-32(26-6-9-28(35)10-7-26)27-16-23(2)17-29(36)18-27/h4-7,9-10,12-13,16-18,20,22,30,32,37-38H,3,8,11,14-15,19,21H2,1-2H3,(H,39,42)/b33-25-,37-20?/t30-,32-/m0/s1. The van der Waals surface area contributed by atoms with Gasteiger partial charge in [0.25, 0.3) is 0 Å². The van der Waals surface area contributed by atoms with Crippen molar-refractivity contribution < 1.29 is 26.8 Å². The maximum Gasteiger partial charge on any atom is 0.243 e. The number of allylic oxidation sites excluding steroid dienone is 2. The van der Waals surface area contributed by atoms with Gasteiger partial charge in [-0.3, -0.25) is 9.59 Å². The molecule has 3 N–H and O–H groups in total. The lowest BCUT2D eigenvalue weighted by Crippen LogP contribution is -2.53. The van der Waals surface area contributed by atoms with Crippen molar-refractivity contribution in [3.63, 3.8) is 0 Å². The van der Waals surface area contributed by atoms with Gasteiger partial charge in [-0.05, 0) is 84.8 Å². The highest BCUT2D eigenvalue weighted by molar-refractivity contribution is 7.89. The average Bonchev–Trinajstić information content (AvgIpc) is 3.03. The quantitative estimate of drug-likeness (QED) is 0.170. The lowest BCUT2D eigenvalue weighted by molar-refractivity contribution is -0.120. The van der Waals surface area contributed by atoms with Gasteiger partial charge in [-0.25, -0.2) is 17.2 Å². The van der Waals surface area contributed by atoms with Gasteiger partial charge in [0.15, 0.2) is 0 Å². The Morgan fingerprint density at radius 3 is 2.40 bits per heavy atom. The summed E-state index contributed by atoms with van der Waals surface area (Å²) in [4.78, 5) is 24.5. The highest BCUT2D eigenvalue weighted by Gasteiger charge is 2.33. The van der Waals surface area contributed by atoms with Crippen molar-refractivity contribution >= 4 is 28.4 Å². The van der Waals surface area contributed by atoms with Crippen molar-refractivity contribution in [1.82, 2.24) is 14.9 Å². The first-order valence-electron chi connectivity index (χ1n) is 14.9. The fraction of sp³-hybridized carbons (Fsp3) is 0.324. The predicted octanol–water partition coefficient (Wildman–Crippen LogP) is 5.48. The Morgan fingerprint density at radius 1 is 1.07 bits per heavy atom. The van der Waals surface area contributed by atoms with Crippen LogP contribution in [0, 0.1) is 24.0 Å². The first-order chi connectivity index (χ1) is 21.5. The molecule has 1 aliphatic heterocycles. The highest BCUT2D eigenvalue weighted by atomic mass is 32.2. The first kappa shape index (κ1) is 33.8. The van der Waals surface area contributed by atoms with E-state index in [1.807, 2.05) is 6.92 Å². The van der Waals surface area contributed by atoms with Crippen molar-refractivity contribution in [3.8, 4) is 0 Å². The number of nitrogens with zero attached hydrogens (tertiary/aromatic N) is 1. The van der Waals surface area contributed by atoms with Crippen molar-refractivity contribution in [2.45, 2.75) is 56.4 Å². The van der Waals surface area contributed by atoms with Crippen molar-refractivity contribution in [3.05, 3.63) is 112 Å². The minimum atomic E-state index is -3.81. The Bertz CT molecular complexity index is 1640. The van der Waals surface area contributed by atoms with Crippen LogP contribution in [0.25, 0.3) is 0 Å². The van der Waals surface area contributed by atoms with Crippen LogP contribution in [0.3, 0.4) is 0 Å². The molecule has 0 bridgehead atoms. The Morgan fingerprint density at radius 2 is 1.78 bits per heavy atom. The van der Waals surface area contributed by atoms with E-state index in [-0.39, 0.29) is 23.9 Å². The van der Waals surface area contributed by atoms with Gasteiger partial charge in [-0.15, -0.1) is 0 Å². The molecule has 2 atom stereocenters. The number of hydrogen-bond donors (Lipinski definition) is 3. The molecule has 1 aliphatic rings. The van der Waals surface area contributed by atoms with Crippen molar-refractivity contribution in [2.75, 3.05) is 19.6 Å². The van der Waals surface area contributed by atoms with Crippen LogP contribution < -0.4 is 10.6 Å². The molecule has 3 aromatic carbocycles. The van der Waals surface area contributed by atoms with Crippen LogP contribution in [0.1, 0.15) is 65.6 Å².